The lowest BCUT2D eigenvalue weighted by Crippen LogP contribution is -2.56. The van der Waals surface area contributed by atoms with Crippen molar-refractivity contribution in [1.82, 2.24) is 14.7 Å². The van der Waals surface area contributed by atoms with Gasteiger partial charge in [0.15, 0.2) is 0 Å². The van der Waals surface area contributed by atoms with Crippen molar-refractivity contribution >= 4 is 5.91 Å². The van der Waals surface area contributed by atoms with Crippen LogP contribution in [0.4, 0.5) is 0 Å². The molecule has 1 atom stereocenters. The molecule has 0 aromatic carbocycles. The molecule has 1 amide bonds. The summed E-state index contributed by atoms with van der Waals surface area (Å²) in [4.78, 5) is 14.6. The average Bonchev–Trinajstić information content (AvgIpc) is 3.00. The van der Waals surface area contributed by atoms with E-state index in [1.165, 1.54) is 0 Å². The van der Waals surface area contributed by atoms with Crippen LogP contribution in [-0.2, 0) is 4.74 Å². The van der Waals surface area contributed by atoms with E-state index in [0.29, 0.717) is 38.2 Å². The highest BCUT2D eigenvalue weighted by Gasteiger charge is 2.44. The fraction of sp³-hybridized carbons (Fsp3) is 0.750. The summed E-state index contributed by atoms with van der Waals surface area (Å²) in [7, 11) is 0. The Bertz CT molecular complexity index is 532. The molecular formula is C16H25N3O3. The second-order valence-electron chi connectivity index (χ2n) is 6.62. The number of aliphatic hydroxyl groups excluding tert-OH is 1. The van der Waals surface area contributed by atoms with E-state index in [1.807, 2.05) is 18.7 Å². The van der Waals surface area contributed by atoms with Crippen LogP contribution in [0.5, 0.6) is 0 Å². The SMILES string of the molecule is CC(C)n1nccc1C(=O)N1CCC2(CC1)OCCCC2O. The molecule has 2 aliphatic heterocycles. The molecule has 6 nitrogen and oxygen atoms in total. The van der Waals surface area contributed by atoms with Gasteiger partial charge in [0.05, 0.1) is 11.7 Å². The van der Waals surface area contributed by atoms with Crippen molar-refractivity contribution < 1.29 is 14.6 Å². The lowest BCUT2D eigenvalue weighted by Gasteiger charge is -2.46. The fourth-order valence-corrected chi connectivity index (χ4v) is 3.53. The minimum atomic E-state index is -0.437. The van der Waals surface area contributed by atoms with E-state index in [0.717, 1.165) is 12.8 Å². The second kappa shape index (κ2) is 6.01. The summed E-state index contributed by atoms with van der Waals surface area (Å²) in [5.41, 5.74) is 0.198. The molecule has 2 aliphatic rings. The summed E-state index contributed by atoms with van der Waals surface area (Å²) >= 11 is 0. The van der Waals surface area contributed by atoms with Gasteiger partial charge in [-0.1, -0.05) is 0 Å². The number of rotatable bonds is 2. The number of carbonyl (C=O) groups is 1. The predicted octanol–water partition coefficient (Wildman–Crippen LogP) is 1.61. The van der Waals surface area contributed by atoms with Crippen LogP contribution in [0.25, 0.3) is 0 Å². The Morgan fingerprint density at radius 2 is 2.18 bits per heavy atom. The monoisotopic (exact) mass is 307 g/mol. The Kier molecular flexibility index (Phi) is 4.23. The highest BCUT2D eigenvalue weighted by Crippen LogP contribution is 2.35. The van der Waals surface area contributed by atoms with Gasteiger partial charge in [-0.15, -0.1) is 0 Å². The second-order valence-corrected chi connectivity index (χ2v) is 6.62. The third-order valence-electron chi connectivity index (χ3n) is 4.89. The maximum atomic E-state index is 12.7. The first-order valence-electron chi connectivity index (χ1n) is 8.18. The largest absolute Gasteiger partial charge is 0.390 e. The van der Waals surface area contributed by atoms with Gasteiger partial charge in [-0.2, -0.15) is 5.10 Å². The molecule has 6 heteroatoms. The third kappa shape index (κ3) is 2.65. The highest BCUT2D eigenvalue weighted by atomic mass is 16.5. The van der Waals surface area contributed by atoms with Crippen molar-refractivity contribution in [2.24, 2.45) is 0 Å². The molecule has 1 aromatic heterocycles. The molecule has 122 valence electrons. The minimum absolute atomic E-state index is 0.0198. The Labute approximate surface area is 131 Å². The van der Waals surface area contributed by atoms with E-state index >= 15 is 0 Å². The van der Waals surface area contributed by atoms with Crippen LogP contribution >= 0.6 is 0 Å². The molecule has 1 unspecified atom stereocenters. The Hall–Kier alpha value is -1.40. The molecule has 0 aliphatic carbocycles. The average molecular weight is 307 g/mol. The van der Waals surface area contributed by atoms with Crippen LogP contribution in [0.3, 0.4) is 0 Å². The lowest BCUT2D eigenvalue weighted by atomic mass is 9.82. The first-order chi connectivity index (χ1) is 10.5. The number of ether oxygens (including phenoxy) is 1. The van der Waals surface area contributed by atoms with Crippen molar-refractivity contribution in [2.75, 3.05) is 19.7 Å². The first kappa shape index (κ1) is 15.5. The molecule has 3 heterocycles. The zero-order chi connectivity index (χ0) is 15.7. The number of nitrogens with zero attached hydrogens (tertiary/aromatic N) is 3. The number of likely N-dealkylation sites (tertiary alicyclic amines) is 1. The smallest absolute Gasteiger partial charge is 0.272 e. The van der Waals surface area contributed by atoms with Gasteiger partial charge in [0, 0.05) is 31.9 Å². The van der Waals surface area contributed by atoms with E-state index in [9.17, 15) is 9.90 Å². The molecule has 1 aromatic rings. The Balaban J connectivity index is 1.68. The van der Waals surface area contributed by atoms with Crippen molar-refractivity contribution in [1.29, 1.82) is 0 Å². The normalized spacial score (nSPS) is 24.9. The number of amides is 1. The first-order valence-corrected chi connectivity index (χ1v) is 8.18. The number of piperidine rings is 1. The van der Waals surface area contributed by atoms with Gasteiger partial charge in [-0.3, -0.25) is 9.48 Å². The van der Waals surface area contributed by atoms with Crippen molar-refractivity contribution in [3.8, 4) is 0 Å². The van der Waals surface area contributed by atoms with Crippen molar-refractivity contribution in [3.05, 3.63) is 18.0 Å². The number of hydrogen-bond donors (Lipinski definition) is 1. The van der Waals surface area contributed by atoms with E-state index in [2.05, 4.69) is 5.10 Å². The number of aromatic nitrogens is 2. The van der Waals surface area contributed by atoms with Crippen LogP contribution in [0.15, 0.2) is 12.3 Å². The molecule has 1 spiro atoms. The van der Waals surface area contributed by atoms with E-state index in [1.54, 1.807) is 16.9 Å². The third-order valence-corrected chi connectivity index (χ3v) is 4.89. The Morgan fingerprint density at radius 3 is 2.82 bits per heavy atom. The summed E-state index contributed by atoms with van der Waals surface area (Å²) in [6.07, 6.45) is 4.39. The van der Waals surface area contributed by atoms with Gasteiger partial charge in [0.1, 0.15) is 5.69 Å². The van der Waals surface area contributed by atoms with Gasteiger partial charge in [0.2, 0.25) is 0 Å². The van der Waals surface area contributed by atoms with Gasteiger partial charge >= 0.3 is 0 Å². The fourth-order valence-electron chi connectivity index (χ4n) is 3.53. The molecule has 0 saturated carbocycles. The lowest BCUT2D eigenvalue weighted by molar-refractivity contribution is -0.174. The molecule has 0 radical (unpaired) electrons. The summed E-state index contributed by atoms with van der Waals surface area (Å²) in [6, 6.07) is 1.94. The minimum Gasteiger partial charge on any atom is -0.390 e. The van der Waals surface area contributed by atoms with Crippen LogP contribution in [0, 0.1) is 0 Å². The van der Waals surface area contributed by atoms with Crippen molar-refractivity contribution in [3.63, 3.8) is 0 Å². The van der Waals surface area contributed by atoms with Gasteiger partial charge < -0.3 is 14.7 Å². The number of carbonyl (C=O) groups excluding carboxylic acids is 1. The molecular weight excluding hydrogens is 282 g/mol. The summed E-state index contributed by atoms with van der Waals surface area (Å²) in [5.74, 6) is 0.0198. The number of hydrogen-bond acceptors (Lipinski definition) is 4. The molecule has 3 rings (SSSR count). The molecule has 1 N–H and O–H groups in total. The topological polar surface area (TPSA) is 67.6 Å². The van der Waals surface area contributed by atoms with Crippen molar-refractivity contribution in [2.45, 2.75) is 57.3 Å². The van der Waals surface area contributed by atoms with Crippen LogP contribution in [0.2, 0.25) is 0 Å². The quantitative estimate of drug-likeness (QED) is 0.901. The van der Waals surface area contributed by atoms with Crippen LogP contribution in [0.1, 0.15) is 56.1 Å². The summed E-state index contributed by atoms with van der Waals surface area (Å²) in [6.45, 7) is 5.99. The summed E-state index contributed by atoms with van der Waals surface area (Å²) < 4.78 is 7.66. The standard InChI is InChI=1S/C16H25N3O3/c1-12(2)19-13(5-8-17-19)15(21)18-9-6-16(7-10-18)14(20)4-3-11-22-16/h5,8,12,14,20H,3-4,6-7,9-11H2,1-2H3. The highest BCUT2D eigenvalue weighted by molar-refractivity contribution is 5.92. The Morgan fingerprint density at radius 1 is 1.45 bits per heavy atom. The van der Waals surface area contributed by atoms with Gasteiger partial charge in [-0.05, 0) is 45.6 Å². The zero-order valence-corrected chi connectivity index (χ0v) is 13.4. The predicted molar refractivity (Wildman–Crippen MR) is 81.7 cm³/mol. The van der Waals surface area contributed by atoms with Crippen LogP contribution < -0.4 is 0 Å². The van der Waals surface area contributed by atoms with E-state index in [-0.39, 0.29) is 11.9 Å². The van der Waals surface area contributed by atoms with E-state index < -0.39 is 11.7 Å². The van der Waals surface area contributed by atoms with Gasteiger partial charge in [-0.25, -0.2) is 0 Å². The molecule has 0 bridgehead atoms. The molecule has 2 saturated heterocycles. The van der Waals surface area contributed by atoms with E-state index in [4.69, 9.17) is 4.74 Å². The summed E-state index contributed by atoms with van der Waals surface area (Å²) in [5, 5.41) is 14.5. The van der Waals surface area contributed by atoms with Gasteiger partial charge in [0.25, 0.3) is 5.91 Å². The maximum Gasteiger partial charge on any atom is 0.272 e. The molecule has 2 fully saturated rings. The maximum absolute atomic E-state index is 12.7. The molecule has 22 heavy (non-hydrogen) atoms. The van der Waals surface area contributed by atoms with Crippen LogP contribution in [-0.4, -0.2) is 57.1 Å². The zero-order valence-electron chi connectivity index (χ0n) is 13.4. The number of aliphatic hydroxyl groups is 1.